The second-order valence-corrected chi connectivity index (χ2v) is 4.41. The molecule has 0 fully saturated rings. The van der Waals surface area contributed by atoms with Crippen LogP contribution < -0.4 is 5.32 Å². The quantitative estimate of drug-likeness (QED) is 0.809. The number of aliphatic carboxylic acids is 1. The lowest BCUT2D eigenvalue weighted by atomic mass is 9.84. The number of carbonyl (C=O) groups is 2. The van der Waals surface area contributed by atoms with E-state index < -0.39 is 12.0 Å². The third-order valence-corrected chi connectivity index (χ3v) is 3.04. The van der Waals surface area contributed by atoms with Crippen LogP contribution in [0.2, 0.25) is 0 Å². The molecule has 0 heterocycles. The minimum absolute atomic E-state index is 0.118. The minimum atomic E-state index is -1.06. The van der Waals surface area contributed by atoms with E-state index in [1.54, 1.807) is 12.2 Å². The van der Waals surface area contributed by atoms with Gasteiger partial charge in [-0.3, -0.25) is 4.79 Å². The number of fused-ring (bicyclic) bond motifs is 1. The standard InChI is InChI=1S/C15H15NO3/c1-10(17)16-14(15(18)19)13-9-5-3-7-11-6-2-4-8-12(11)13/h2-9,12,14H,1H3,(H,16,17)(H,18,19). The van der Waals surface area contributed by atoms with E-state index >= 15 is 0 Å². The molecule has 2 aliphatic rings. The van der Waals surface area contributed by atoms with Crippen LogP contribution in [0.25, 0.3) is 0 Å². The lowest BCUT2D eigenvalue weighted by Crippen LogP contribution is -2.42. The topological polar surface area (TPSA) is 66.4 Å². The molecule has 4 nitrogen and oxygen atoms in total. The molecule has 2 rings (SSSR count). The number of hydrogen-bond donors (Lipinski definition) is 2. The van der Waals surface area contributed by atoms with Crippen molar-refractivity contribution < 1.29 is 14.7 Å². The van der Waals surface area contributed by atoms with Gasteiger partial charge in [0, 0.05) is 12.8 Å². The molecular formula is C15H15NO3. The molecule has 0 spiro atoms. The first-order chi connectivity index (χ1) is 9.09. The smallest absolute Gasteiger partial charge is 0.330 e. The van der Waals surface area contributed by atoms with Crippen molar-refractivity contribution in [3.05, 3.63) is 59.8 Å². The van der Waals surface area contributed by atoms with E-state index in [0.717, 1.165) is 5.57 Å². The van der Waals surface area contributed by atoms with E-state index in [-0.39, 0.29) is 11.8 Å². The van der Waals surface area contributed by atoms with Gasteiger partial charge in [-0.25, -0.2) is 4.79 Å². The molecule has 0 aromatic carbocycles. The lowest BCUT2D eigenvalue weighted by molar-refractivity contribution is -0.140. The van der Waals surface area contributed by atoms with Crippen molar-refractivity contribution in [1.29, 1.82) is 0 Å². The lowest BCUT2D eigenvalue weighted by Gasteiger charge is -2.25. The number of amides is 1. The van der Waals surface area contributed by atoms with Gasteiger partial charge in [-0.15, -0.1) is 0 Å². The number of allylic oxidation sites excluding steroid dienone is 9. The van der Waals surface area contributed by atoms with Crippen LogP contribution in [0.1, 0.15) is 6.92 Å². The molecule has 0 saturated heterocycles. The van der Waals surface area contributed by atoms with Crippen LogP contribution in [0, 0.1) is 5.92 Å². The van der Waals surface area contributed by atoms with Gasteiger partial charge in [-0.2, -0.15) is 0 Å². The van der Waals surface area contributed by atoms with Crippen LogP contribution in [0.3, 0.4) is 0 Å². The molecule has 0 aliphatic heterocycles. The van der Waals surface area contributed by atoms with Gasteiger partial charge in [-0.1, -0.05) is 48.6 Å². The molecule has 0 bridgehead atoms. The molecule has 2 atom stereocenters. The van der Waals surface area contributed by atoms with E-state index in [1.165, 1.54) is 6.92 Å². The second-order valence-electron chi connectivity index (χ2n) is 4.41. The van der Waals surface area contributed by atoms with Crippen LogP contribution in [0.15, 0.2) is 59.8 Å². The summed E-state index contributed by atoms with van der Waals surface area (Å²) in [5, 5.41) is 11.8. The number of nitrogens with one attached hydrogen (secondary N) is 1. The van der Waals surface area contributed by atoms with Crippen LogP contribution in [-0.2, 0) is 9.59 Å². The number of carbonyl (C=O) groups excluding carboxylic acids is 1. The molecule has 98 valence electrons. The molecular weight excluding hydrogens is 242 g/mol. The normalized spacial score (nSPS) is 21.8. The molecule has 4 heteroatoms. The summed E-state index contributed by atoms with van der Waals surface area (Å²) in [5.41, 5.74) is 1.67. The van der Waals surface area contributed by atoms with E-state index in [9.17, 15) is 14.7 Å². The van der Waals surface area contributed by atoms with E-state index in [1.807, 2.05) is 36.5 Å². The van der Waals surface area contributed by atoms with Gasteiger partial charge in [0.25, 0.3) is 0 Å². The molecule has 1 amide bonds. The Bertz CT molecular complexity index is 550. The van der Waals surface area contributed by atoms with Crippen LogP contribution in [0.5, 0.6) is 0 Å². The Morgan fingerprint density at radius 2 is 1.95 bits per heavy atom. The zero-order valence-corrected chi connectivity index (χ0v) is 10.5. The van der Waals surface area contributed by atoms with E-state index in [2.05, 4.69) is 5.32 Å². The fourth-order valence-electron chi connectivity index (χ4n) is 2.22. The fraction of sp³-hybridized carbons (Fsp3) is 0.200. The Kier molecular flexibility index (Phi) is 3.80. The summed E-state index contributed by atoms with van der Waals surface area (Å²) < 4.78 is 0. The molecule has 19 heavy (non-hydrogen) atoms. The molecule has 2 N–H and O–H groups in total. The minimum Gasteiger partial charge on any atom is -0.479 e. The Labute approximate surface area is 111 Å². The Morgan fingerprint density at radius 3 is 2.63 bits per heavy atom. The predicted molar refractivity (Wildman–Crippen MR) is 72.3 cm³/mol. The third kappa shape index (κ3) is 2.91. The van der Waals surface area contributed by atoms with Gasteiger partial charge in [0.2, 0.25) is 5.91 Å². The zero-order chi connectivity index (χ0) is 13.8. The summed E-state index contributed by atoms with van der Waals surface area (Å²) in [6.45, 7) is 1.32. The van der Waals surface area contributed by atoms with Gasteiger partial charge >= 0.3 is 5.97 Å². The summed E-state index contributed by atoms with van der Waals surface area (Å²) in [5.74, 6) is -1.53. The van der Waals surface area contributed by atoms with Crippen molar-refractivity contribution >= 4 is 11.9 Å². The molecule has 0 radical (unpaired) electrons. The first-order valence-corrected chi connectivity index (χ1v) is 6.02. The number of rotatable bonds is 3. The van der Waals surface area contributed by atoms with Crippen LogP contribution in [-0.4, -0.2) is 23.0 Å². The maximum absolute atomic E-state index is 11.4. The number of carboxylic acids is 1. The maximum atomic E-state index is 11.4. The van der Waals surface area contributed by atoms with Crippen molar-refractivity contribution in [3.8, 4) is 0 Å². The first kappa shape index (κ1) is 13.1. The summed E-state index contributed by atoms with van der Waals surface area (Å²) in [6, 6.07) is -1.01. The van der Waals surface area contributed by atoms with Gasteiger partial charge in [0.1, 0.15) is 6.04 Å². The molecule has 2 aliphatic carbocycles. The van der Waals surface area contributed by atoms with Gasteiger partial charge < -0.3 is 10.4 Å². The van der Waals surface area contributed by atoms with Crippen molar-refractivity contribution in [1.82, 2.24) is 5.32 Å². The Balaban J connectivity index is 2.38. The van der Waals surface area contributed by atoms with Crippen LogP contribution >= 0.6 is 0 Å². The third-order valence-electron chi connectivity index (χ3n) is 3.04. The van der Waals surface area contributed by atoms with E-state index in [0.29, 0.717) is 5.57 Å². The Hall–Kier alpha value is -2.36. The largest absolute Gasteiger partial charge is 0.479 e. The van der Waals surface area contributed by atoms with Crippen molar-refractivity contribution in [3.63, 3.8) is 0 Å². The number of hydrogen-bond acceptors (Lipinski definition) is 2. The molecule has 0 saturated carbocycles. The summed E-state index contributed by atoms with van der Waals surface area (Å²) in [7, 11) is 0. The molecule has 0 aromatic heterocycles. The van der Waals surface area contributed by atoms with Crippen molar-refractivity contribution in [2.45, 2.75) is 13.0 Å². The molecule has 2 unspecified atom stereocenters. The average molecular weight is 257 g/mol. The SMILES string of the molecule is CC(=O)NC(C(=O)O)C1=CC=CC=C2C=CC=CC21. The highest BCUT2D eigenvalue weighted by molar-refractivity contribution is 5.85. The fourth-order valence-corrected chi connectivity index (χ4v) is 2.22. The van der Waals surface area contributed by atoms with Crippen LogP contribution in [0.4, 0.5) is 0 Å². The van der Waals surface area contributed by atoms with Crippen molar-refractivity contribution in [2.75, 3.05) is 0 Å². The maximum Gasteiger partial charge on any atom is 0.330 e. The average Bonchev–Trinajstić information content (AvgIpc) is 2.57. The molecule has 0 aromatic rings. The summed E-state index contributed by atoms with van der Waals surface area (Å²) in [6.07, 6.45) is 15.0. The first-order valence-electron chi connectivity index (χ1n) is 6.02. The summed E-state index contributed by atoms with van der Waals surface area (Å²) >= 11 is 0. The number of carboxylic acid groups (broad SMARTS) is 1. The highest BCUT2D eigenvalue weighted by Gasteiger charge is 2.29. The van der Waals surface area contributed by atoms with Gasteiger partial charge in [-0.05, 0) is 11.1 Å². The monoisotopic (exact) mass is 257 g/mol. The summed E-state index contributed by atoms with van der Waals surface area (Å²) in [4.78, 5) is 22.6. The Morgan fingerprint density at radius 1 is 1.21 bits per heavy atom. The highest BCUT2D eigenvalue weighted by Crippen LogP contribution is 2.30. The van der Waals surface area contributed by atoms with Gasteiger partial charge in [0.05, 0.1) is 0 Å². The van der Waals surface area contributed by atoms with E-state index in [4.69, 9.17) is 0 Å². The second kappa shape index (κ2) is 5.52. The predicted octanol–water partition coefficient (Wildman–Crippen LogP) is 1.74. The van der Waals surface area contributed by atoms with Gasteiger partial charge in [0.15, 0.2) is 0 Å². The van der Waals surface area contributed by atoms with Crippen molar-refractivity contribution in [2.24, 2.45) is 5.92 Å². The highest BCUT2D eigenvalue weighted by atomic mass is 16.4. The zero-order valence-electron chi connectivity index (χ0n) is 10.5.